The van der Waals surface area contributed by atoms with Gasteiger partial charge in [-0.3, -0.25) is 0 Å². The molecule has 0 N–H and O–H groups in total. The molecule has 80 heavy (non-hydrogen) atoms. The zero-order valence-electron chi connectivity index (χ0n) is 38.6. The summed E-state index contributed by atoms with van der Waals surface area (Å²) in [6.45, 7) is 0. The minimum atomic E-state index is -5.70. The van der Waals surface area contributed by atoms with Gasteiger partial charge in [0.2, 0.25) is 0 Å². The van der Waals surface area contributed by atoms with Crippen LogP contribution >= 0.6 is 16.3 Å². The Balaban J connectivity index is 1.50. The second-order valence-electron chi connectivity index (χ2n) is 17.1. The summed E-state index contributed by atoms with van der Waals surface area (Å²) in [7, 11) is -7.81. The summed E-state index contributed by atoms with van der Waals surface area (Å²) >= 11 is 0. The van der Waals surface area contributed by atoms with Crippen LogP contribution in [0.15, 0.2) is 146 Å². The van der Waals surface area contributed by atoms with Crippen molar-refractivity contribution in [3.63, 3.8) is 0 Å². The minimum absolute atomic E-state index is 0.0522. The number of hydrogen-bond acceptors (Lipinski definition) is 2. The maximum atomic E-state index is 14.5. The van der Waals surface area contributed by atoms with Crippen molar-refractivity contribution in [1.82, 2.24) is 0 Å². The molecular formula is C52H24F24O2P2. The van der Waals surface area contributed by atoms with Gasteiger partial charge in [-0.2, -0.15) is 105 Å². The molecule has 0 aromatic heterocycles. The van der Waals surface area contributed by atoms with Gasteiger partial charge in [-0.1, -0.05) is 60.7 Å². The van der Waals surface area contributed by atoms with E-state index in [9.17, 15) is 105 Å². The van der Waals surface area contributed by atoms with Gasteiger partial charge < -0.3 is 9.05 Å². The molecule has 28 heteroatoms. The van der Waals surface area contributed by atoms with E-state index in [-0.39, 0.29) is 70.1 Å². The van der Waals surface area contributed by atoms with Crippen molar-refractivity contribution in [2.24, 2.45) is 0 Å². The Morgan fingerprint density at radius 2 is 0.438 bits per heavy atom. The molecule has 8 rings (SSSR count). The van der Waals surface area contributed by atoms with Crippen molar-refractivity contribution in [3.05, 3.63) is 190 Å². The Morgan fingerprint density at radius 1 is 0.237 bits per heavy atom. The molecule has 0 aliphatic rings. The maximum Gasteiger partial charge on any atom is 0.416 e. The average Bonchev–Trinajstić information content (AvgIpc) is 3.56. The largest absolute Gasteiger partial charge is 0.464 e. The number of alkyl halides is 24. The summed E-state index contributed by atoms with van der Waals surface area (Å²) in [5.41, 5.74) is -18.2. The molecular weight excluding hydrogens is 1170 g/mol. The highest BCUT2D eigenvalue weighted by Gasteiger charge is 2.44. The third kappa shape index (κ3) is 12.8. The van der Waals surface area contributed by atoms with Crippen LogP contribution in [-0.2, 0) is 49.4 Å². The maximum absolute atomic E-state index is 14.5. The second kappa shape index (κ2) is 20.6. The van der Waals surface area contributed by atoms with Crippen LogP contribution in [0.1, 0.15) is 44.5 Å². The van der Waals surface area contributed by atoms with E-state index in [2.05, 4.69) is 0 Å². The predicted octanol–water partition coefficient (Wildman–Crippen LogP) is 18.7. The summed E-state index contributed by atoms with van der Waals surface area (Å²) in [6, 6.07) is 12.1. The van der Waals surface area contributed by atoms with E-state index in [0.29, 0.717) is 0 Å². The Bertz CT molecular complexity index is 3120. The van der Waals surface area contributed by atoms with Gasteiger partial charge in [0.25, 0.3) is 0 Å². The van der Waals surface area contributed by atoms with E-state index in [1.165, 1.54) is 48.5 Å². The Morgan fingerprint density at radius 3 is 0.637 bits per heavy atom. The van der Waals surface area contributed by atoms with Gasteiger partial charge in [0.05, 0.1) is 44.5 Å². The van der Waals surface area contributed by atoms with Gasteiger partial charge >= 0.3 is 49.4 Å². The van der Waals surface area contributed by atoms with Crippen LogP contribution in [0.4, 0.5) is 105 Å². The van der Waals surface area contributed by atoms with Crippen LogP contribution in [0.5, 0.6) is 11.5 Å². The van der Waals surface area contributed by atoms with Crippen LogP contribution in [-0.4, -0.2) is 0 Å². The molecule has 0 spiro atoms. The normalized spacial score (nSPS) is 13.5. The van der Waals surface area contributed by atoms with E-state index in [0.717, 1.165) is 24.3 Å². The second-order valence-corrected chi connectivity index (χ2v) is 20.8. The number of fused-ring (bicyclic) bond motifs is 2. The third-order valence-electron chi connectivity index (χ3n) is 11.6. The average molecular weight is 1200 g/mol. The lowest BCUT2D eigenvalue weighted by atomic mass is 9.92. The monoisotopic (exact) mass is 1200 g/mol. The van der Waals surface area contributed by atoms with Crippen LogP contribution in [0, 0.1) is 0 Å². The summed E-state index contributed by atoms with van der Waals surface area (Å²) in [6.07, 6.45) is -45.6. The lowest BCUT2D eigenvalue weighted by molar-refractivity contribution is -0.144. The van der Waals surface area contributed by atoms with Crippen molar-refractivity contribution in [3.8, 4) is 22.6 Å². The van der Waals surface area contributed by atoms with Crippen molar-refractivity contribution >= 4 is 59.1 Å². The van der Waals surface area contributed by atoms with Gasteiger partial charge in [-0.05, 0) is 106 Å². The smallest absolute Gasteiger partial charge is 0.416 e. The summed E-state index contributed by atoms with van der Waals surface area (Å²) in [5, 5.41) is -5.61. The molecule has 0 saturated heterocycles. The number of rotatable bonds is 9. The first-order chi connectivity index (χ1) is 36.7. The zero-order valence-corrected chi connectivity index (χ0v) is 40.4. The van der Waals surface area contributed by atoms with Crippen molar-refractivity contribution in [2.45, 2.75) is 49.4 Å². The molecule has 8 aromatic rings. The van der Waals surface area contributed by atoms with Gasteiger partial charge in [0.15, 0.2) is 16.3 Å². The van der Waals surface area contributed by atoms with Crippen LogP contribution in [0.3, 0.4) is 0 Å². The van der Waals surface area contributed by atoms with Crippen LogP contribution in [0.25, 0.3) is 32.7 Å². The summed E-state index contributed by atoms with van der Waals surface area (Å²) < 4.78 is 359. The Labute approximate surface area is 434 Å². The molecule has 0 heterocycles. The number of benzene rings is 8. The lowest BCUT2D eigenvalue weighted by Gasteiger charge is -2.27. The first-order valence-corrected chi connectivity index (χ1v) is 24.4. The molecule has 0 aliphatic heterocycles. The molecule has 0 radical (unpaired) electrons. The van der Waals surface area contributed by atoms with Crippen molar-refractivity contribution in [1.29, 1.82) is 0 Å². The number of hydrogen-bond donors (Lipinski definition) is 0. The van der Waals surface area contributed by atoms with E-state index in [4.69, 9.17) is 9.05 Å². The molecule has 0 amide bonds. The highest BCUT2D eigenvalue weighted by atomic mass is 31.1. The fourth-order valence-corrected chi connectivity index (χ4v) is 11.9. The molecule has 0 bridgehead atoms. The molecule has 2 nitrogen and oxygen atoms in total. The molecule has 0 aliphatic carbocycles. The topological polar surface area (TPSA) is 18.5 Å². The first-order valence-electron chi connectivity index (χ1n) is 21.9. The first kappa shape index (κ1) is 59.2. The van der Waals surface area contributed by atoms with E-state index >= 15 is 0 Å². The minimum Gasteiger partial charge on any atom is -0.464 e. The van der Waals surface area contributed by atoms with Crippen LogP contribution < -0.4 is 30.3 Å². The lowest BCUT2D eigenvalue weighted by Crippen LogP contribution is -2.24. The molecule has 0 saturated carbocycles. The molecule has 8 aromatic carbocycles. The fourth-order valence-electron chi connectivity index (χ4n) is 8.10. The van der Waals surface area contributed by atoms with E-state index < -0.39 is 178 Å². The van der Waals surface area contributed by atoms with Gasteiger partial charge in [-0.25, -0.2) is 0 Å². The van der Waals surface area contributed by atoms with Gasteiger partial charge in [0, 0.05) is 32.3 Å². The molecule has 0 unspecified atom stereocenters. The molecule has 422 valence electrons. The Kier molecular flexibility index (Phi) is 15.2. The summed E-state index contributed by atoms with van der Waals surface area (Å²) in [5.74, 6) is -1.76. The van der Waals surface area contributed by atoms with E-state index in [1.807, 2.05) is 0 Å². The molecule has 0 fully saturated rings. The standard InChI is InChI=1S/C52H24F24O2P2/c53-45(54,55)27-13-28(46(56,57)58)18-35(17-27)79(36-19-29(47(59,60)61)14-30(20-36)48(62,63)64)77-41-11-9-25-5-1-3-7-39(25)43(41)44-40-8-4-2-6-26(40)10-12-42(44)78-80(37-21-31(49(65,66)67)15-32(22-37)50(68,69)70)38-23-33(51(71,72)73)16-34(24-38)52(74,75)76/h1-24H. The van der Waals surface area contributed by atoms with Crippen molar-refractivity contribution in [2.75, 3.05) is 0 Å². The SMILES string of the molecule is FC(F)(F)c1cc(P(Oc2ccc3ccccc3c2-c2c(OP(c3cc(C(F)(F)F)cc(C(F)(F)F)c3)c3cc(C(F)(F)F)cc(C(F)(F)F)c3)ccc3ccccc23)c2cc(C(F)(F)F)cc(C(F)(F)F)c2)cc(C(F)(F)F)c1. The number of halogens is 24. The van der Waals surface area contributed by atoms with E-state index in [1.54, 1.807) is 0 Å². The molecule has 0 atom stereocenters. The highest BCUT2D eigenvalue weighted by molar-refractivity contribution is 7.69. The predicted molar refractivity (Wildman–Crippen MR) is 246 cm³/mol. The quantitative estimate of drug-likeness (QED) is 0.106. The summed E-state index contributed by atoms with van der Waals surface area (Å²) in [4.78, 5) is 0. The van der Waals surface area contributed by atoms with Gasteiger partial charge in [-0.15, -0.1) is 0 Å². The van der Waals surface area contributed by atoms with Crippen molar-refractivity contribution < 1.29 is 114 Å². The third-order valence-corrected chi connectivity index (χ3v) is 15.3. The van der Waals surface area contributed by atoms with Crippen LogP contribution in [0.2, 0.25) is 0 Å². The van der Waals surface area contributed by atoms with Gasteiger partial charge in [0.1, 0.15) is 11.5 Å². The highest BCUT2D eigenvalue weighted by Crippen LogP contribution is 2.54. The zero-order chi connectivity index (χ0) is 59.1. The fraction of sp³-hybridized carbons (Fsp3) is 0.154. The Hall–Kier alpha value is -6.94.